The maximum absolute atomic E-state index is 5.69. The minimum absolute atomic E-state index is 0.645. The number of H-pyrrole nitrogens is 1. The molecule has 4 heteroatoms. The number of ether oxygens (including phenoxy) is 1. The Bertz CT molecular complexity index is 607. The van der Waals surface area contributed by atoms with E-state index in [0.717, 1.165) is 35.4 Å². The fourth-order valence-electron chi connectivity index (χ4n) is 2.10. The van der Waals surface area contributed by atoms with Gasteiger partial charge in [-0.1, -0.05) is 37.7 Å². The van der Waals surface area contributed by atoms with Crippen LogP contribution in [0.3, 0.4) is 0 Å². The van der Waals surface area contributed by atoms with Crippen molar-refractivity contribution in [2.75, 3.05) is 6.61 Å². The third-order valence-corrected chi connectivity index (χ3v) is 3.26. The zero-order chi connectivity index (χ0) is 13.7. The first-order chi connectivity index (χ1) is 9.27. The third-order valence-electron chi connectivity index (χ3n) is 2.91. The predicted octanol–water partition coefficient (Wildman–Crippen LogP) is 4.16. The number of benzene rings is 1. The molecule has 1 aromatic carbocycles. The summed E-state index contributed by atoms with van der Waals surface area (Å²) in [7, 11) is 0. The molecule has 0 aliphatic rings. The second kappa shape index (κ2) is 6.48. The maximum Gasteiger partial charge on any atom is 0.133 e. The Balaban J connectivity index is 2.58. The van der Waals surface area contributed by atoms with Crippen molar-refractivity contribution in [3.8, 4) is 17.0 Å². The molecule has 1 aromatic heterocycles. The third kappa shape index (κ3) is 3.01. The average Bonchev–Trinajstić information content (AvgIpc) is 2.42. The first-order valence-corrected chi connectivity index (χ1v) is 6.97. The molecule has 19 heavy (non-hydrogen) atoms. The zero-order valence-electron chi connectivity index (χ0n) is 11.3. The molecule has 1 N–H and O–H groups in total. The summed E-state index contributed by atoms with van der Waals surface area (Å²) in [6.07, 6.45) is 3.60. The topological polar surface area (TPSA) is 37.9 Å². The monoisotopic (exact) mass is 274 g/mol. The summed E-state index contributed by atoms with van der Waals surface area (Å²) in [6, 6.07) is 8.01. The van der Waals surface area contributed by atoms with E-state index < -0.39 is 0 Å². The Morgan fingerprint density at radius 3 is 2.79 bits per heavy atom. The molecule has 0 saturated heterocycles. The molecule has 0 saturated carbocycles. The normalized spacial score (nSPS) is 10.4. The van der Waals surface area contributed by atoms with E-state index in [0.29, 0.717) is 11.2 Å². The van der Waals surface area contributed by atoms with Crippen LogP contribution < -0.4 is 4.74 Å². The van der Waals surface area contributed by atoms with Crippen LogP contribution in [-0.2, 0) is 6.42 Å². The lowest BCUT2D eigenvalue weighted by Crippen LogP contribution is -2.00. The standard InChI is InChI=1S/C15H18N2OS/c1-3-7-12-14(16-10-17-15(12)19)11-8-5-6-9-13(11)18-4-2/h5-6,8-10H,3-4,7H2,1-2H3,(H,16,17,19). The molecule has 0 fully saturated rings. The molecule has 0 unspecified atom stereocenters. The van der Waals surface area contributed by atoms with E-state index in [4.69, 9.17) is 17.0 Å². The highest BCUT2D eigenvalue weighted by Crippen LogP contribution is 2.31. The largest absolute Gasteiger partial charge is 0.493 e. The molecule has 0 atom stereocenters. The molecule has 1 heterocycles. The van der Waals surface area contributed by atoms with Crippen molar-refractivity contribution < 1.29 is 4.74 Å². The van der Waals surface area contributed by atoms with Gasteiger partial charge in [0, 0.05) is 11.1 Å². The van der Waals surface area contributed by atoms with Crippen LogP contribution in [0.1, 0.15) is 25.8 Å². The van der Waals surface area contributed by atoms with Crippen LogP contribution in [0.25, 0.3) is 11.3 Å². The first-order valence-electron chi connectivity index (χ1n) is 6.56. The Morgan fingerprint density at radius 1 is 1.26 bits per heavy atom. The van der Waals surface area contributed by atoms with Gasteiger partial charge in [-0.3, -0.25) is 0 Å². The molecule has 0 spiro atoms. The van der Waals surface area contributed by atoms with E-state index >= 15 is 0 Å². The number of para-hydroxylation sites is 1. The van der Waals surface area contributed by atoms with Crippen LogP contribution >= 0.6 is 12.2 Å². The number of rotatable bonds is 5. The van der Waals surface area contributed by atoms with Crippen molar-refractivity contribution in [1.82, 2.24) is 9.97 Å². The molecule has 0 aliphatic carbocycles. The van der Waals surface area contributed by atoms with Crippen LogP contribution in [0.4, 0.5) is 0 Å². The number of hydrogen-bond donors (Lipinski definition) is 1. The van der Waals surface area contributed by atoms with Gasteiger partial charge in [0.15, 0.2) is 0 Å². The van der Waals surface area contributed by atoms with Crippen molar-refractivity contribution in [3.05, 3.63) is 40.8 Å². The lowest BCUT2D eigenvalue weighted by molar-refractivity contribution is 0.341. The molecule has 2 rings (SSSR count). The van der Waals surface area contributed by atoms with Crippen molar-refractivity contribution >= 4 is 12.2 Å². The van der Waals surface area contributed by atoms with Gasteiger partial charge in [-0.05, 0) is 25.5 Å². The Hall–Kier alpha value is -1.68. The van der Waals surface area contributed by atoms with E-state index in [1.54, 1.807) is 6.33 Å². The summed E-state index contributed by atoms with van der Waals surface area (Å²) in [6.45, 7) is 4.77. The number of aromatic amines is 1. The minimum atomic E-state index is 0.645. The van der Waals surface area contributed by atoms with Crippen LogP contribution in [0.15, 0.2) is 30.6 Å². The number of aromatic nitrogens is 2. The lowest BCUT2D eigenvalue weighted by Gasteiger charge is -2.13. The average molecular weight is 274 g/mol. The highest BCUT2D eigenvalue weighted by molar-refractivity contribution is 7.71. The predicted molar refractivity (Wildman–Crippen MR) is 80.0 cm³/mol. The Labute approximate surface area is 118 Å². The van der Waals surface area contributed by atoms with Gasteiger partial charge < -0.3 is 9.72 Å². The molecular weight excluding hydrogens is 256 g/mol. The Kier molecular flexibility index (Phi) is 4.68. The first kappa shape index (κ1) is 13.7. The van der Waals surface area contributed by atoms with E-state index in [9.17, 15) is 0 Å². The van der Waals surface area contributed by atoms with Crippen LogP contribution in [0.5, 0.6) is 5.75 Å². The minimum Gasteiger partial charge on any atom is -0.493 e. The number of nitrogens with zero attached hydrogens (tertiary/aromatic N) is 1. The van der Waals surface area contributed by atoms with Crippen molar-refractivity contribution in [3.63, 3.8) is 0 Å². The van der Waals surface area contributed by atoms with Gasteiger partial charge in [0.1, 0.15) is 10.4 Å². The van der Waals surface area contributed by atoms with Crippen molar-refractivity contribution in [2.45, 2.75) is 26.7 Å². The summed E-state index contributed by atoms with van der Waals surface area (Å²) in [4.78, 5) is 7.40. The molecule has 100 valence electrons. The lowest BCUT2D eigenvalue weighted by atomic mass is 10.0. The zero-order valence-corrected chi connectivity index (χ0v) is 12.1. The highest BCUT2D eigenvalue weighted by atomic mass is 32.1. The van der Waals surface area contributed by atoms with Crippen molar-refractivity contribution in [1.29, 1.82) is 0 Å². The SMILES string of the molecule is CCCc1c(-c2ccccc2OCC)[nH]cnc1=S. The maximum atomic E-state index is 5.69. The summed E-state index contributed by atoms with van der Waals surface area (Å²) in [5, 5.41) is 0. The summed E-state index contributed by atoms with van der Waals surface area (Å²) in [5.74, 6) is 0.874. The second-order valence-electron chi connectivity index (χ2n) is 4.24. The van der Waals surface area contributed by atoms with Crippen LogP contribution in [0.2, 0.25) is 0 Å². The van der Waals surface area contributed by atoms with E-state index in [1.807, 2.05) is 31.2 Å². The van der Waals surface area contributed by atoms with Crippen LogP contribution in [-0.4, -0.2) is 16.6 Å². The number of nitrogens with one attached hydrogen (secondary N) is 1. The van der Waals surface area contributed by atoms with Crippen LogP contribution in [0, 0.1) is 4.64 Å². The fourth-order valence-corrected chi connectivity index (χ4v) is 2.36. The molecule has 0 amide bonds. The summed E-state index contributed by atoms with van der Waals surface area (Å²) in [5.41, 5.74) is 3.15. The molecule has 0 aliphatic heterocycles. The van der Waals surface area contributed by atoms with Gasteiger partial charge in [0.2, 0.25) is 0 Å². The summed E-state index contributed by atoms with van der Waals surface area (Å²) >= 11 is 5.34. The smallest absolute Gasteiger partial charge is 0.133 e. The van der Waals surface area contributed by atoms with Crippen molar-refractivity contribution in [2.24, 2.45) is 0 Å². The molecule has 2 aromatic rings. The fraction of sp³-hybridized carbons (Fsp3) is 0.333. The van der Waals surface area contributed by atoms with Gasteiger partial charge >= 0.3 is 0 Å². The van der Waals surface area contributed by atoms with E-state index in [2.05, 4.69) is 16.9 Å². The molecule has 0 bridgehead atoms. The van der Waals surface area contributed by atoms with E-state index in [-0.39, 0.29) is 0 Å². The summed E-state index contributed by atoms with van der Waals surface area (Å²) < 4.78 is 6.36. The second-order valence-corrected chi connectivity index (χ2v) is 4.63. The number of hydrogen-bond acceptors (Lipinski definition) is 3. The highest BCUT2D eigenvalue weighted by Gasteiger charge is 2.11. The Morgan fingerprint density at radius 2 is 2.05 bits per heavy atom. The van der Waals surface area contributed by atoms with Gasteiger partial charge in [0.05, 0.1) is 18.6 Å². The van der Waals surface area contributed by atoms with E-state index in [1.165, 1.54) is 0 Å². The molecule has 0 radical (unpaired) electrons. The van der Waals surface area contributed by atoms with Gasteiger partial charge in [0.25, 0.3) is 0 Å². The van der Waals surface area contributed by atoms with Gasteiger partial charge in [-0.2, -0.15) is 0 Å². The van der Waals surface area contributed by atoms with Gasteiger partial charge in [-0.15, -0.1) is 0 Å². The van der Waals surface area contributed by atoms with Gasteiger partial charge in [-0.25, -0.2) is 4.98 Å². The molecular formula is C15H18N2OS. The quantitative estimate of drug-likeness (QED) is 0.832. The molecule has 3 nitrogen and oxygen atoms in total.